The van der Waals surface area contributed by atoms with Crippen LogP contribution in [0.5, 0.6) is 11.5 Å². The molecule has 10 bridgehead atoms. The molecule has 0 aliphatic carbocycles. The molecule has 4 heterocycles. The van der Waals surface area contributed by atoms with E-state index in [2.05, 4.69) is 148 Å². The second-order valence-corrected chi connectivity index (χ2v) is 16.4. The third-order valence-electron chi connectivity index (χ3n) is 12.7. The Labute approximate surface area is 384 Å². The summed E-state index contributed by atoms with van der Waals surface area (Å²) in [7, 11) is 0. The Morgan fingerprint density at radius 1 is 0.431 bits per heavy atom. The van der Waals surface area contributed by atoms with Gasteiger partial charge < -0.3 is 14.5 Å². The van der Waals surface area contributed by atoms with Gasteiger partial charge in [0, 0.05) is 45.3 Å². The molecule has 5 nitrogen and oxygen atoms in total. The number of pyridine rings is 1. The third kappa shape index (κ3) is 6.20. The van der Waals surface area contributed by atoms with Crippen molar-refractivity contribution < 1.29 is 11.6 Å². The fourth-order valence-corrected chi connectivity index (χ4v) is 9.76. The van der Waals surface area contributed by atoms with Gasteiger partial charge in [0.25, 0.3) is 0 Å². The van der Waals surface area contributed by atoms with E-state index in [1.54, 1.807) is 0 Å². The van der Waals surface area contributed by atoms with Crippen LogP contribution in [0.15, 0.2) is 230 Å². The standard InChI is InChI=1S/C60H40N4O/c1-3-15-40(16-4-1)42-31-34-55-53(36-42)51-33-32-47-38-58(51)64(55)59-30-14-27-54(61-59)44-20-11-19-43(35-44)48-23-7-8-24-50(48)52-26-13-25-49(41-17-5-2-6-18-41)60(52)63-39-62(56-28-9-10-29-57(56)63)45-21-12-22-46(37-45)65-47/h1-38H,39H2/i1D,3D,4D,15D,16D. The average molecular weight is 838 g/mol. The van der Waals surface area contributed by atoms with Crippen LogP contribution in [0.1, 0.15) is 6.85 Å². The quantitative estimate of drug-likeness (QED) is 0.174. The molecule has 0 fully saturated rings. The van der Waals surface area contributed by atoms with Gasteiger partial charge in [-0.2, -0.15) is 0 Å². The van der Waals surface area contributed by atoms with Crippen molar-refractivity contribution in [3.63, 3.8) is 0 Å². The van der Waals surface area contributed by atoms with Crippen LogP contribution in [0.3, 0.4) is 0 Å². The molecule has 65 heavy (non-hydrogen) atoms. The van der Waals surface area contributed by atoms with Gasteiger partial charge in [-0.05, 0) is 100 Å². The predicted molar refractivity (Wildman–Crippen MR) is 268 cm³/mol. The Balaban J connectivity index is 1.06. The molecule has 0 saturated heterocycles. The molecule has 2 aliphatic heterocycles. The summed E-state index contributed by atoms with van der Waals surface area (Å²) in [6, 6.07) is 67.4. The molecular weight excluding hydrogens is 793 g/mol. The molecule has 0 atom stereocenters. The summed E-state index contributed by atoms with van der Waals surface area (Å²) in [5.41, 5.74) is 15.0. The van der Waals surface area contributed by atoms with Crippen molar-refractivity contribution in [1.82, 2.24) is 9.55 Å². The van der Waals surface area contributed by atoms with Crippen molar-refractivity contribution in [3.05, 3.63) is 230 Å². The number of benzene rings is 9. The number of ether oxygens (including phenoxy) is 1. The largest absolute Gasteiger partial charge is 0.457 e. The maximum absolute atomic E-state index is 8.79. The van der Waals surface area contributed by atoms with Crippen LogP contribution < -0.4 is 14.5 Å². The van der Waals surface area contributed by atoms with E-state index in [0.29, 0.717) is 29.5 Å². The van der Waals surface area contributed by atoms with Gasteiger partial charge in [0.05, 0.1) is 40.6 Å². The molecule has 0 unspecified atom stereocenters. The predicted octanol–water partition coefficient (Wildman–Crippen LogP) is 15.9. The first-order valence-electron chi connectivity index (χ1n) is 24.2. The molecule has 0 radical (unpaired) electrons. The highest BCUT2D eigenvalue weighted by Crippen LogP contribution is 2.51. The molecule has 0 N–H and O–H groups in total. The zero-order chi connectivity index (χ0) is 47.2. The van der Waals surface area contributed by atoms with Gasteiger partial charge in [-0.1, -0.05) is 152 Å². The lowest BCUT2D eigenvalue weighted by Gasteiger charge is -2.28. The van der Waals surface area contributed by atoms with Gasteiger partial charge in [0.2, 0.25) is 0 Å². The highest BCUT2D eigenvalue weighted by molar-refractivity contribution is 6.11. The minimum absolute atomic E-state index is 0.152. The van der Waals surface area contributed by atoms with Crippen LogP contribution in [0.2, 0.25) is 0 Å². The Bertz CT molecular complexity index is 3920. The second kappa shape index (κ2) is 15.0. The van der Waals surface area contributed by atoms with Gasteiger partial charge in [-0.3, -0.25) is 4.57 Å². The summed E-state index contributed by atoms with van der Waals surface area (Å²) in [4.78, 5) is 10.2. The first kappa shape index (κ1) is 32.1. The van der Waals surface area contributed by atoms with Gasteiger partial charge in [-0.25, -0.2) is 4.98 Å². The summed E-state index contributed by atoms with van der Waals surface area (Å²) in [6.07, 6.45) is 0. The molecule has 9 aromatic carbocycles. The first-order valence-corrected chi connectivity index (χ1v) is 21.7. The maximum Gasteiger partial charge on any atom is 0.138 e. The van der Waals surface area contributed by atoms with Gasteiger partial charge in [0.1, 0.15) is 24.0 Å². The number of aromatic nitrogens is 2. The van der Waals surface area contributed by atoms with E-state index >= 15 is 0 Å². The molecule has 2 aliphatic rings. The smallest absolute Gasteiger partial charge is 0.138 e. The summed E-state index contributed by atoms with van der Waals surface area (Å²) in [6.45, 7) is 0.551. The van der Waals surface area contributed by atoms with Crippen LogP contribution in [0.4, 0.5) is 22.7 Å². The van der Waals surface area contributed by atoms with Crippen LogP contribution in [-0.4, -0.2) is 16.2 Å². The van der Waals surface area contributed by atoms with E-state index in [4.69, 9.17) is 16.6 Å². The van der Waals surface area contributed by atoms with Crippen LogP contribution in [-0.2, 0) is 0 Å². The Morgan fingerprint density at radius 2 is 1.14 bits per heavy atom. The van der Waals surface area contributed by atoms with E-state index < -0.39 is 6.04 Å². The van der Waals surface area contributed by atoms with Gasteiger partial charge >= 0.3 is 0 Å². The van der Waals surface area contributed by atoms with Gasteiger partial charge in [-0.15, -0.1) is 0 Å². The van der Waals surface area contributed by atoms with E-state index in [-0.39, 0.29) is 29.7 Å². The normalized spacial score (nSPS) is 13.7. The summed E-state index contributed by atoms with van der Waals surface area (Å²) >= 11 is 0. The fourth-order valence-electron chi connectivity index (χ4n) is 9.76. The van der Waals surface area contributed by atoms with E-state index in [0.717, 1.165) is 89.2 Å². The highest BCUT2D eigenvalue weighted by Gasteiger charge is 2.32. The van der Waals surface area contributed by atoms with Crippen molar-refractivity contribution in [2.24, 2.45) is 0 Å². The van der Waals surface area contributed by atoms with Gasteiger partial charge in [0.15, 0.2) is 0 Å². The van der Waals surface area contributed by atoms with Crippen molar-refractivity contribution in [2.75, 3.05) is 16.5 Å². The van der Waals surface area contributed by atoms with Crippen molar-refractivity contribution >= 4 is 44.6 Å². The number of fused-ring (bicyclic) bond motifs is 23. The average Bonchev–Trinajstić information content (AvgIpc) is 3.95. The Morgan fingerprint density at radius 3 is 2.03 bits per heavy atom. The molecular formula is C60H40N4O. The lowest BCUT2D eigenvalue weighted by atomic mass is 9.89. The topological polar surface area (TPSA) is 33.5 Å². The second-order valence-electron chi connectivity index (χ2n) is 16.4. The van der Waals surface area contributed by atoms with E-state index in [1.165, 1.54) is 0 Å². The molecule has 11 aromatic rings. The number of nitrogens with zero attached hydrogens (tertiary/aromatic N) is 4. The first-order chi connectivity index (χ1) is 34.3. The molecule has 0 amide bonds. The lowest BCUT2D eigenvalue weighted by Crippen LogP contribution is -2.25. The molecule has 306 valence electrons. The number of hydrogen-bond acceptors (Lipinski definition) is 4. The minimum Gasteiger partial charge on any atom is -0.457 e. The third-order valence-corrected chi connectivity index (χ3v) is 12.7. The monoisotopic (exact) mass is 837 g/mol. The maximum atomic E-state index is 8.79. The molecule has 2 aromatic heterocycles. The molecule has 13 rings (SSSR count). The van der Waals surface area contributed by atoms with E-state index in [1.807, 2.05) is 66.7 Å². The minimum atomic E-state index is -0.423. The zero-order valence-corrected chi connectivity index (χ0v) is 35.0. The molecule has 0 saturated carbocycles. The highest BCUT2D eigenvalue weighted by atomic mass is 16.5. The SMILES string of the molecule is [2H]c1c([2H])c([2H])c(-c2ccc3c(c2)c2ccc4cc2n3-c2cccc(n2)-c2cccc(c2)-c2ccccc2-c2cccc(-c3ccccc3)c2N2CN(c3cccc(c3)O4)c3ccccc32)c([2H])c1[2H]. The molecule has 0 spiro atoms. The van der Waals surface area contributed by atoms with Crippen LogP contribution >= 0.6 is 0 Å². The Hall–Kier alpha value is -8.67. The number of hydrogen-bond donors (Lipinski definition) is 0. The van der Waals surface area contributed by atoms with Crippen molar-refractivity contribution in [3.8, 4) is 73.1 Å². The van der Waals surface area contributed by atoms with Crippen molar-refractivity contribution in [1.29, 1.82) is 0 Å². The number of anilines is 4. The lowest BCUT2D eigenvalue weighted by molar-refractivity contribution is 0.483. The van der Waals surface area contributed by atoms with Crippen LogP contribution in [0.25, 0.3) is 83.4 Å². The number of rotatable bonds is 2. The summed E-state index contributed by atoms with van der Waals surface area (Å²) < 4.78 is 51.5. The van der Waals surface area contributed by atoms with Crippen molar-refractivity contribution in [2.45, 2.75) is 0 Å². The molecule has 5 heteroatoms. The van der Waals surface area contributed by atoms with E-state index in [9.17, 15) is 0 Å². The van der Waals surface area contributed by atoms with Crippen LogP contribution in [0, 0.1) is 0 Å². The number of para-hydroxylation sites is 3. The summed E-state index contributed by atoms with van der Waals surface area (Å²) in [5, 5.41) is 1.72. The Kier molecular flexibility index (Phi) is 7.40. The fraction of sp³-hybridized carbons (Fsp3) is 0.0167. The zero-order valence-electron chi connectivity index (χ0n) is 40.0. The summed E-state index contributed by atoms with van der Waals surface area (Å²) in [5.74, 6) is 1.98.